The molecule has 3 heteroatoms. The molecule has 0 radical (unpaired) electrons. The van der Waals surface area contributed by atoms with Crippen molar-refractivity contribution < 1.29 is 4.42 Å². The van der Waals surface area contributed by atoms with Crippen LogP contribution in [-0.4, -0.2) is 20.5 Å². The molecular weight excluding hydrogens is 216 g/mol. The summed E-state index contributed by atoms with van der Waals surface area (Å²) in [6, 6.07) is 12.6. The Labute approximate surface area is 93.9 Å². The van der Waals surface area contributed by atoms with Crippen LogP contribution < -0.4 is 10.4 Å². The van der Waals surface area contributed by atoms with E-state index >= 15 is 0 Å². The summed E-state index contributed by atoms with van der Waals surface area (Å²) in [7, 11) is 2.23. The van der Waals surface area contributed by atoms with E-state index in [1.54, 1.807) is 0 Å². The Morgan fingerprint density at radius 2 is 1.67 bits per heavy atom. The van der Waals surface area contributed by atoms with E-state index in [0.717, 1.165) is 31.7 Å². The zero-order chi connectivity index (χ0) is 10.4. The number of benzene rings is 2. The van der Waals surface area contributed by atoms with Gasteiger partial charge in [-0.2, -0.15) is 0 Å². The highest BCUT2D eigenvalue weighted by atomic mass is 28.2. The first-order valence-electron chi connectivity index (χ1n) is 5.15. The lowest BCUT2D eigenvalue weighted by Crippen LogP contribution is -2.25. The van der Waals surface area contributed by atoms with Crippen molar-refractivity contribution in [2.24, 2.45) is 0 Å². The molecule has 2 aromatic carbocycles. The van der Waals surface area contributed by atoms with Crippen LogP contribution in [0.3, 0.4) is 0 Å². The Hall–Kier alpha value is -1.33. The minimum atomic E-state index is 1.01. The lowest BCUT2D eigenvalue weighted by Gasteiger charge is -2.00. The first-order valence-corrected chi connectivity index (χ1v) is 7.15. The molecule has 3 aromatic rings. The van der Waals surface area contributed by atoms with Gasteiger partial charge in [-0.15, -0.1) is 0 Å². The molecule has 0 unspecified atom stereocenters. The van der Waals surface area contributed by atoms with E-state index in [1.165, 1.54) is 21.1 Å². The average molecular weight is 228 g/mol. The number of para-hydroxylation sites is 1. The van der Waals surface area contributed by atoms with Crippen molar-refractivity contribution in [3.8, 4) is 0 Å². The molecule has 1 aromatic heterocycles. The Balaban J connectivity index is 2.63. The van der Waals surface area contributed by atoms with Crippen molar-refractivity contribution in [2.75, 3.05) is 0 Å². The number of fused-ring (bicyclic) bond motifs is 3. The predicted octanol–water partition coefficient (Wildman–Crippen LogP) is -0.433. The Bertz CT molecular complexity index is 655. The summed E-state index contributed by atoms with van der Waals surface area (Å²) < 4.78 is 5.83. The second kappa shape index (κ2) is 3.08. The van der Waals surface area contributed by atoms with Gasteiger partial charge in [0.05, 0.1) is 0 Å². The van der Waals surface area contributed by atoms with Crippen LogP contribution in [0.2, 0.25) is 0 Å². The maximum Gasteiger partial charge on any atom is 0.135 e. The molecule has 0 spiro atoms. The summed E-state index contributed by atoms with van der Waals surface area (Å²) in [5.41, 5.74) is 2.05. The Morgan fingerprint density at radius 1 is 0.867 bits per heavy atom. The molecular formula is C12H12OSi2. The standard InChI is InChI=1S/C12H12OSi2/c14-10-6-5-9-11(12(10)15)7-3-1-2-4-8(7)13-9/h1-6H,14-15H3. The molecule has 0 saturated heterocycles. The smallest absolute Gasteiger partial charge is 0.135 e. The van der Waals surface area contributed by atoms with Crippen LogP contribution in [0.4, 0.5) is 0 Å². The van der Waals surface area contributed by atoms with E-state index in [9.17, 15) is 0 Å². The normalized spacial score (nSPS) is 11.7. The first-order chi connectivity index (χ1) is 7.27. The summed E-state index contributed by atoms with van der Waals surface area (Å²) in [5.74, 6) is 0. The maximum atomic E-state index is 5.83. The van der Waals surface area contributed by atoms with Crippen LogP contribution in [-0.2, 0) is 0 Å². The highest BCUT2D eigenvalue weighted by Gasteiger charge is 2.08. The topological polar surface area (TPSA) is 13.1 Å². The lowest BCUT2D eigenvalue weighted by molar-refractivity contribution is 0.669. The van der Waals surface area contributed by atoms with Gasteiger partial charge in [-0.05, 0) is 12.1 Å². The van der Waals surface area contributed by atoms with E-state index in [1.807, 2.05) is 12.1 Å². The molecule has 0 saturated carbocycles. The fourth-order valence-corrected chi connectivity index (χ4v) is 3.19. The van der Waals surface area contributed by atoms with Crippen LogP contribution >= 0.6 is 0 Å². The number of furan rings is 1. The second-order valence-electron chi connectivity index (χ2n) is 3.98. The summed E-state index contributed by atoms with van der Waals surface area (Å²) in [5, 5.41) is 5.66. The molecule has 1 heterocycles. The van der Waals surface area contributed by atoms with Crippen LogP contribution in [0.1, 0.15) is 0 Å². The summed E-state index contributed by atoms with van der Waals surface area (Å²) in [6.45, 7) is 0. The highest BCUT2D eigenvalue weighted by Crippen LogP contribution is 2.25. The van der Waals surface area contributed by atoms with Gasteiger partial charge in [-0.3, -0.25) is 0 Å². The van der Waals surface area contributed by atoms with Gasteiger partial charge >= 0.3 is 0 Å². The largest absolute Gasteiger partial charge is 0.456 e. The highest BCUT2D eigenvalue weighted by molar-refractivity contribution is 6.53. The fraction of sp³-hybridized carbons (Fsp3) is 0. The molecule has 0 bridgehead atoms. The third kappa shape index (κ3) is 1.20. The number of hydrogen-bond donors (Lipinski definition) is 0. The molecule has 0 aliphatic heterocycles. The Kier molecular flexibility index (Phi) is 1.84. The molecule has 0 N–H and O–H groups in total. The minimum absolute atomic E-state index is 1.01. The zero-order valence-electron chi connectivity index (χ0n) is 8.87. The van der Waals surface area contributed by atoms with Gasteiger partial charge in [0, 0.05) is 31.3 Å². The minimum Gasteiger partial charge on any atom is -0.456 e. The van der Waals surface area contributed by atoms with Gasteiger partial charge in [0.25, 0.3) is 0 Å². The van der Waals surface area contributed by atoms with Crippen LogP contribution in [0.5, 0.6) is 0 Å². The van der Waals surface area contributed by atoms with E-state index in [-0.39, 0.29) is 0 Å². The molecule has 1 nitrogen and oxygen atoms in total. The molecule has 0 atom stereocenters. The van der Waals surface area contributed by atoms with E-state index in [0.29, 0.717) is 0 Å². The fourth-order valence-electron chi connectivity index (χ4n) is 2.09. The monoisotopic (exact) mass is 228 g/mol. The van der Waals surface area contributed by atoms with Gasteiger partial charge in [0.2, 0.25) is 0 Å². The van der Waals surface area contributed by atoms with E-state index < -0.39 is 0 Å². The SMILES string of the molecule is [SiH3]c1ccc2oc3ccccc3c2c1[SiH3]. The van der Waals surface area contributed by atoms with Gasteiger partial charge in [0.1, 0.15) is 11.2 Å². The maximum absolute atomic E-state index is 5.83. The molecule has 74 valence electrons. The average Bonchev–Trinajstić information content (AvgIpc) is 2.62. The van der Waals surface area contributed by atoms with Crippen molar-refractivity contribution in [3.63, 3.8) is 0 Å². The quantitative estimate of drug-likeness (QED) is 0.476. The van der Waals surface area contributed by atoms with Crippen molar-refractivity contribution in [2.45, 2.75) is 0 Å². The van der Waals surface area contributed by atoms with E-state index in [4.69, 9.17) is 4.42 Å². The van der Waals surface area contributed by atoms with Gasteiger partial charge in [-0.1, -0.05) is 34.6 Å². The van der Waals surface area contributed by atoms with Gasteiger partial charge < -0.3 is 4.42 Å². The summed E-state index contributed by atoms with van der Waals surface area (Å²) in [4.78, 5) is 0. The van der Waals surface area contributed by atoms with Crippen LogP contribution in [0, 0.1) is 0 Å². The Morgan fingerprint density at radius 3 is 2.53 bits per heavy atom. The third-order valence-electron chi connectivity index (χ3n) is 3.07. The molecule has 0 aliphatic carbocycles. The predicted molar refractivity (Wildman–Crippen MR) is 72.9 cm³/mol. The van der Waals surface area contributed by atoms with Crippen LogP contribution in [0.15, 0.2) is 40.8 Å². The summed E-state index contributed by atoms with van der Waals surface area (Å²) >= 11 is 0. The first kappa shape index (κ1) is 8.94. The van der Waals surface area contributed by atoms with Gasteiger partial charge in [0.15, 0.2) is 0 Å². The molecule has 15 heavy (non-hydrogen) atoms. The third-order valence-corrected chi connectivity index (χ3v) is 6.45. The number of rotatable bonds is 0. The molecule has 0 fully saturated rings. The molecule has 3 rings (SSSR count). The second-order valence-corrected chi connectivity index (χ2v) is 6.06. The van der Waals surface area contributed by atoms with Crippen molar-refractivity contribution in [1.29, 1.82) is 0 Å². The zero-order valence-corrected chi connectivity index (χ0v) is 12.9. The van der Waals surface area contributed by atoms with Crippen molar-refractivity contribution in [3.05, 3.63) is 36.4 Å². The van der Waals surface area contributed by atoms with Crippen LogP contribution in [0.25, 0.3) is 21.9 Å². The summed E-state index contributed by atoms with van der Waals surface area (Å²) in [6.07, 6.45) is 0. The van der Waals surface area contributed by atoms with Crippen molar-refractivity contribution in [1.82, 2.24) is 0 Å². The van der Waals surface area contributed by atoms with Gasteiger partial charge in [-0.25, -0.2) is 0 Å². The number of hydrogen-bond acceptors (Lipinski definition) is 1. The van der Waals surface area contributed by atoms with Crippen molar-refractivity contribution >= 4 is 52.8 Å². The molecule has 0 aliphatic rings. The lowest BCUT2D eigenvalue weighted by atomic mass is 10.1. The molecule has 0 amide bonds. The van der Waals surface area contributed by atoms with E-state index in [2.05, 4.69) is 24.3 Å².